The molecule has 0 bridgehead atoms. The van der Waals surface area contributed by atoms with Crippen molar-refractivity contribution in [1.29, 1.82) is 0 Å². The maximum Gasteiger partial charge on any atom is 0.333 e. The van der Waals surface area contributed by atoms with Crippen molar-refractivity contribution in [1.82, 2.24) is 0 Å². The van der Waals surface area contributed by atoms with Crippen molar-refractivity contribution in [2.75, 3.05) is 25.6 Å². The first kappa shape index (κ1) is 20.0. The number of benzene rings is 2. The number of carbonyl (C=O) groups excluding carboxylic acids is 1. The average Bonchev–Trinajstić information content (AvgIpc) is 2.94. The highest BCUT2D eigenvalue weighted by Gasteiger charge is 2.16. The van der Waals surface area contributed by atoms with Gasteiger partial charge in [-0.25, -0.2) is 4.79 Å². The van der Waals surface area contributed by atoms with Gasteiger partial charge >= 0.3 is 5.97 Å². The van der Waals surface area contributed by atoms with Gasteiger partial charge in [0.1, 0.15) is 5.75 Å². The van der Waals surface area contributed by atoms with Crippen molar-refractivity contribution in [3.05, 3.63) is 53.6 Å². The molecule has 3 rings (SSSR count). The molecule has 5 nitrogen and oxygen atoms in total. The Kier molecular flexibility index (Phi) is 6.71. The molecule has 2 aromatic rings. The van der Waals surface area contributed by atoms with Gasteiger partial charge in [-0.3, -0.25) is 0 Å². The Morgan fingerprint density at radius 1 is 1.21 bits per heavy atom. The molecule has 0 aliphatic carbocycles. The molecule has 1 heterocycles. The monoisotopic (exact) mass is 381 g/mol. The van der Waals surface area contributed by atoms with E-state index in [4.69, 9.17) is 14.2 Å². The van der Waals surface area contributed by atoms with Crippen molar-refractivity contribution in [2.24, 2.45) is 0 Å². The number of carbonyl (C=O) groups is 1. The van der Waals surface area contributed by atoms with E-state index in [0.29, 0.717) is 25.1 Å². The van der Waals surface area contributed by atoms with Gasteiger partial charge in [-0.05, 0) is 55.2 Å². The fraction of sp³-hybridized carbons (Fsp3) is 0.348. The Hall–Kier alpha value is -2.79. The van der Waals surface area contributed by atoms with Gasteiger partial charge in [-0.15, -0.1) is 0 Å². The van der Waals surface area contributed by atoms with Gasteiger partial charge in [0.25, 0.3) is 0 Å². The maximum absolute atomic E-state index is 12.0. The van der Waals surface area contributed by atoms with E-state index in [1.165, 1.54) is 7.11 Å². The molecule has 5 heteroatoms. The minimum Gasteiger partial charge on any atom is -0.466 e. The zero-order chi connectivity index (χ0) is 19.9. The van der Waals surface area contributed by atoms with Gasteiger partial charge in [0, 0.05) is 23.4 Å². The van der Waals surface area contributed by atoms with Crippen LogP contribution in [0.5, 0.6) is 5.75 Å². The number of rotatable bonds is 7. The molecule has 1 atom stereocenters. The molecule has 0 saturated heterocycles. The molecule has 2 aromatic carbocycles. The van der Waals surface area contributed by atoms with Crippen LogP contribution in [0, 0.1) is 0 Å². The number of hydrogen-bond acceptors (Lipinski definition) is 5. The normalized spacial score (nSPS) is 14.2. The third kappa shape index (κ3) is 4.73. The lowest BCUT2D eigenvalue weighted by atomic mass is 10.00. The highest BCUT2D eigenvalue weighted by molar-refractivity contribution is 5.95. The van der Waals surface area contributed by atoms with Gasteiger partial charge in [0.2, 0.25) is 0 Å². The van der Waals surface area contributed by atoms with Crippen molar-refractivity contribution in [3.8, 4) is 16.9 Å². The fourth-order valence-corrected chi connectivity index (χ4v) is 3.20. The predicted octanol–water partition coefficient (Wildman–Crippen LogP) is 4.88. The van der Waals surface area contributed by atoms with Gasteiger partial charge in [-0.1, -0.05) is 31.2 Å². The van der Waals surface area contributed by atoms with Crippen molar-refractivity contribution in [3.63, 3.8) is 0 Å². The summed E-state index contributed by atoms with van der Waals surface area (Å²) >= 11 is 0. The Morgan fingerprint density at radius 3 is 2.82 bits per heavy atom. The van der Waals surface area contributed by atoms with Crippen LogP contribution in [-0.2, 0) is 14.3 Å². The van der Waals surface area contributed by atoms with Gasteiger partial charge in [0.05, 0.1) is 13.7 Å². The topological polar surface area (TPSA) is 56.8 Å². The first-order valence-corrected chi connectivity index (χ1v) is 9.66. The van der Waals surface area contributed by atoms with E-state index in [1.54, 1.807) is 0 Å². The van der Waals surface area contributed by atoms with Crippen LogP contribution in [0.1, 0.15) is 32.3 Å². The van der Waals surface area contributed by atoms with E-state index in [9.17, 15) is 4.79 Å². The van der Waals surface area contributed by atoms with Crippen LogP contribution >= 0.6 is 0 Å². The fourth-order valence-electron chi connectivity index (χ4n) is 3.20. The van der Waals surface area contributed by atoms with Gasteiger partial charge < -0.3 is 19.5 Å². The number of anilines is 1. The van der Waals surface area contributed by atoms with Crippen LogP contribution in [0.4, 0.5) is 5.69 Å². The van der Waals surface area contributed by atoms with E-state index < -0.39 is 0 Å². The molecule has 1 unspecified atom stereocenters. The van der Waals surface area contributed by atoms with Crippen LogP contribution in [0.2, 0.25) is 0 Å². The van der Waals surface area contributed by atoms with E-state index >= 15 is 0 Å². The highest BCUT2D eigenvalue weighted by atomic mass is 16.7. The first-order valence-electron chi connectivity index (χ1n) is 9.66. The van der Waals surface area contributed by atoms with Crippen LogP contribution < -0.4 is 10.1 Å². The van der Waals surface area contributed by atoms with Crippen molar-refractivity contribution in [2.45, 2.75) is 33.0 Å². The summed E-state index contributed by atoms with van der Waals surface area (Å²) in [4.78, 5) is 12.0. The summed E-state index contributed by atoms with van der Waals surface area (Å²) in [6.45, 7) is 5.33. The van der Waals surface area contributed by atoms with Crippen LogP contribution in [-0.4, -0.2) is 32.5 Å². The molecule has 0 aromatic heterocycles. The Labute approximate surface area is 166 Å². The smallest absolute Gasteiger partial charge is 0.333 e. The lowest BCUT2D eigenvalue weighted by molar-refractivity contribution is -0.136. The molecule has 148 valence electrons. The van der Waals surface area contributed by atoms with Crippen LogP contribution in [0.3, 0.4) is 0 Å². The van der Waals surface area contributed by atoms with Crippen LogP contribution in [0.25, 0.3) is 17.2 Å². The molecule has 0 radical (unpaired) electrons. The van der Waals surface area contributed by atoms with Gasteiger partial charge in [0.15, 0.2) is 6.29 Å². The second kappa shape index (κ2) is 9.42. The molecule has 0 amide bonds. The molecule has 1 aliphatic rings. The predicted molar refractivity (Wildman–Crippen MR) is 111 cm³/mol. The number of nitrogens with one attached hydrogen (secondary N) is 1. The molecular formula is C23H27NO4. The SMILES string of the molecule is CCCOC(C)Oc1ccccc1-c1ccc2c(c1)C=C(C(=O)OC)CCN2. The molecule has 1 N–H and O–H groups in total. The maximum atomic E-state index is 12.0. The Balaban J connectivity index is 1.93. The number of ether oxygens (including phenoxy) is 3. The number of fused-ring (bicyclic) bond motifs is 1. The molecule has 0 spiro atoms. The minimum atomic E-state index is -0.325. The van der Waals surface area contributed by atoms with E-state index in [-0.39, 0.29) is 12.3 Å². The zero-order valence-corrected chi connectivity index (χ0v) is 16.7. The Morgan fingerprint density at radius 2 is 2.04 bits per heavy atom. The number of para-hydroxylation sites is 1. The molecule has 0 fully saturated rings. The Bertz CT molecular complexity index is 859. The van der Waals surface area contributed by atoms with E-state index in [2.05, 4.69) is 24.4 Å². The summed E-state index contributed by atoms with van der Waals surface area (Å²) < 4.78 is 16.6. The average molecular weight is 381 g/mol. The molecule has 1 aliphatic heterocycles. The third-order valence-corrected chi connectivity index (χ3v) is 4.59. The summed E-state index contributed by atoms with van der Waals surface area (Å²) in [7, 11) is 1.41. The standard InChI is InChI=1S/C23H27NO4/c1-4-13-27-16(2)28-22-8-6-5-7-20(22)17-9-10-21-19(14-17)15-18(11-12-24-21)23(25)26-3/h5-10,14-16,24H,4,11-13H2,1-3H3. The first-order chi connectivity index (χ1) is 13.6. The summed E-state index contributed by atoms with van der Waals surface area (Å²) in [5, 5.41) is 3.37. The molecule has 0 saturated carbocycles. The summed E-state index contributed by atoms with van der Waals surface area (Å²) in [5.41, 5.74) is 4.62. The highest BCUT2D eigenvalue weighted by Crippen LogP contribution is 2.34. The van der Waals surface area contributed by atoms with E-state index in [0.717, 1.165) is 34.5 Å². The van der Waals surface area contributed by atoms with Crippen molar-refractivity contribution >= 4 is 17.7 Å². The second-order valence-corrected chi connectivity index (χ2v) is 6.69. The summed E-state index contributed by atoms with van der Waals surface area (Å²) in [6, 6.07) is 14.1. The largest absolute Gasteiger partial charge is 0.466 e. The number of hydrogen-bond donors (Lipinski definition) is 1. The van der Waals surface area contributed by atoms with Gasteiger partial charge in [-0.2, -0.15) is 0 Å². The molecular weight excluding hydrogens is 354 g/mol. The number of esters is 1. The minimum absolute atomic E-state index is 0.286. The quantitative estimate of drug-likeness (QED) is 0.547. The lowest BCUT2D eigenvalue weighted by Crippen LogP contribution is -2.17. The second-order valence-electron chi connectivity index (χ2n) is 6.69. The lowest BCUT2D eigenvalue weighted by Gasteiger charge is -2.18. The van der Waals surface area contributed by atoms with E-state index in [1.807, 2.05) is 43.3 Å². The van der Waals surface area contributed by atoms with Crippen molar-refractivity contribution < 1.29 is 19.0 Å². The summed E-state index contributed by atoms with van der Waals surface area (Å²) in [6.07, 6.45) is 3.15. The summed E-state index contributed by atoms with van der Waals surface area (Å²) in [5.74, 6) is 0.482. The zero-order valence-electron chi connectivity index (χ0n) is 16.7. The molecule has 28 heavy (non-hydrogen) atoms. The number of methoxy groups -OCH3 is 1. The third-order valence-electron chi connectivity index (χ3n) is 4.59. The van der Waals surface area contributed by atoms with Crippen LogP contribution in [0.15, 0.2) is 48.0 Å².